The fraction of sp³-hybridized carbons (Fsp3) is 0.579. The van der Waals surface area contributed by atoms with Gasteiger partial charge in [0, 0.05) is 19.5 Å². The number of hydrogen-bond acceptors (Lipinski definition) is 3. The predicted octanol–water partition coefficient (Wildman–Crippen LogP) is 4.35. The molecule has 144 valence electrons. The highest BCUT2D eigenvalue weighted by Crippen LogP contribution is 2.34. The summed E-state index contributed by atoms with van der Waals surface area (Å²) >= 11 is 12.0. The van der Waals surface area contributed by atoms with E-state index in [0.717, 1.165) is 44.3 Å². The first kappa shape index (κ1) is 21.5. The van der Waals surface area contributed by atoms with Crippen molar-refractivity contribution < 1.29 is 9.59 Å². The molecule has 3 rings (SSSR count). The summed E-state index contributed by atoms with van der Waals surface area (Å²) in [6, 6.07) is 5.33. The third kappa shape index (κ3) is 4.53. The molecular formula is C19H25Cl3N2O2. The van der Waals surface area contributed by atoms with Gasteiger partial charge in [-0.2, -0.15) is 0 Å². The van der Waals surface area contributed by atoms with E-state index in [0.29, 0.717) is 29.4 Å². The molecule has 1 amide bonds. The van der Waals surface area contributed by atoms with Crippen molar-refractivity contribution in [1.29, 1.82) is 0 Å². The Hall–Kier alpha value is -0.810. The molecule has 1 aromatic rings. The maximum atomic E-state index is 13.0. The number of piperidine rings is 2. The maximum absolute atomic E-state index is 13.0. The van der Waals surface area contributed by atoms with Crippen LogP contribution in [0.3, 0.4) is 0 Å². The van der Waals surface area contributed by atoms with E-state index in [1.165, 1.54) is 0 Å². The van der Waals surface area contributed by atoms with Gasteiger partial charge in [0.25, 0.3) is 0 Å². The minimum atomic E-state index is -0.373. The van der Waals surface area contributed by atoms with Crippen LogP contribution in [0.1, 0.15) is 44.6 Å². The quantitative estimate of drug-likeness (QED) is 0.731. The molecule has 7 heteroatoms. The zero-order valence-electron chi connectivity index (χ0n) is 15.0. The van der Waals surface area contributed by atoms with E-state index < -0.39 is 0 Å². The van der Waals surface area contributed by atoms with E-state index in [-0.39, 0.29) is 29.8 Å². The molecule has 1 atom stereocenters. The molecule has 2 fully saturated rings. The van der Waals surface area contributed by atoms with Crippen molar-refractivity contribution in [1.82, 2.24) is 9.80 Å². The molecule has 2 aliphatic heterocycles. The van der Waals surface area contributed by atoms with Crippen LogP contribution in [0.15, 0.2) is 18.2 Å². The molecule has 0 radical (unpaired) electrons. The number of halogens is 3. The zero-order chi connectivity index (χ0) is 18.0. The van der Waals surface area contributed by atoms with Gasteiger partial charge in [0.1, 0.15) is 5.78 Å². The summed E-state index contributed by atoms with van der Waals surface area (Å²) in [5.74, 6) is 0.355. The monoisotopic (exact) mass is 418 g/mol. The lowest BCUT2D eigenvalue weighted by molar-refractivity contribution is -0.155. The van der Waals surface area contributed by atoms with Crippen LogP contribution in [0.2, 0.25) is 10.0 Å². The number of Topliss-reactive ketones (excluding diaryl/α,β-unsaturated/α-hetero) is 1. The first-order valence-electron chi connectivity index (χ1n) is 8.91. The van der Waals surface area contributed by atoms with Crippen LogP contribution >= 0.6 is 35.6 Å². The first-order chi connectivity index (χ1) is 11.9. The summed E-state index contributed by atoms with van der Waals surface area (Å²) < 4.78 is 0. The van der Waals surface area contributed by atoms with Crippen molar-refractivity contribution in [3.05, 3.63) is 33.8 Å². The van der Waals surface area contributed by atoms with E-state index in [1.807, 2.05) is 11.0 Å². The molecule has 0 unspecified atom stereocenters. The standard InChI is InChI=1S/C19H24Cl2N2O2.ClH/c1-19(22-9-4-5-15(24)13-22)8-2-3-10-23(19)18(25)12-14-6-7-16(20)17(21)11-14;/h6-7,11H,2-5,8-10,12-13H2,1H3;1H/t19-;/m1./s1. The average Bonchev–Trinajstić information content (AvgIpc) is 2.58. The van der Waals surface area contributed by atoms with Crippen molar-refractivity contribution in [2.24, 2.45) is 0 Å². The Balaban J connectivity index is 0.00000243. The van der Waals surface area contributed by atoms with Gasteiger partial charge in [-0.15, -0.1) is 12.4 Å². The van der Waals surface area contributed by atoms with Crippen molar-refractivity contribution in [2.45, 2.75) is 51.1 Å². The van der Waals surface area contributed by atoms with E-state index in [1.54, 1.807) is 12.1 Å². The van der Waals surface area contributed by atoms with Gasteiger partial charge in [-0.1, -0.05) is 29.3 Å². The minimum absolute atomic E-state index is 0. The Labute approximate surface area is 171 Å². The number of ketones is 1. The van der Waals surface area contributed by atoms with E-state index in [4.69, 9.17) is 23.2 Å². The second-order valence-electron chi connectivity index (χ2n) is 7.21. The Morgan fingerprint density at radius 3 is 2.62 bits per heavy atom. The number of amides is 1. The van der Waals surface area contributed by atoms with Crippen molar-refractivity contribution >= 4 is 47.3 Å². The van der Waals surface area contributed by atoms with Gasteiger partial charge in [-0.25, -0.2) is 0 Å². The van der Waals surface area contributed by atoms with E-state index in [9.17, 15) is 9.59 Å². The molecule has 2 saturated heterocycles. The van der Waals surface area contributed by atoms with Crippen LogP contribution in [-0.2, 0) is 16.0 Å². The third-order valence-electron chi connectivity index (χ3n) is 5.44. The largest absolute Gasteiger partial charge is 0.324 e. The molecule has 4 nitrogen and oxygen atoms in total. The lowest BCUT2D eigenvalue weighted by Gasteiger charge is -2.52. The average molecular weight is 420 g/mol. The summed E-state index contributed by atoms with van der Waals surface area (Å²) in [6.45, 7) is 4.17. The SMILES string of the molecule is C[C@]1(N2CCCC(=O)C2)CCCCN1C(=O)Cc1ccc(Cl)c(Cl)c1.Cl. The van der Waals surface area contributed by atoms with Crippen LogP contribution in [0.4, 0.5) is 0 Å². The second kappa shape index (κ2) is 8.92. The Kier molecular flexibility index (Phi) is 7.37. The van der Waals surface area contributed by atoms with Crippen molar-refractivity contribution in [3.8, 4) is 0 Å². The van der Waals surface area contributed by atoms with Gasteiger partial charge in [0.2, 0.25) is 5.91 Å². The molecule has 0 N–H and O–H groups in total. The van der Waals surface area contributed by atoms with E-state index >= 15 is 0 Å². The van der Waals surface area contributed by atoms with Crippen LogP contribution in [0, 0.1) is 0 Å². The Morgan fingerprint density at radius 2 is 1.92 bits per heavy atom. The highest BCUT2D eigenvalue weighted by atomic mass is 35.5. The molecule has 0 saturated carbocycles. The second-order valence-corrected chi connectivity index (χ2v) is 8.02. The number of carbonyl (C=O) groups is 2. The molecule has 1 aromatic carbocycles. The van der Waals surface area contributed by atoms with Crippen LogP contribution < -0.4 is 0 Å². The predicted molar refractivity (Wildman–Crippen MR) is 107 cm³/mol. The number of nitrogens with zero attached hydrogens (tertiary/aromatic N) is 2. The number of benzene rings is 1. The highest BCUT2D eigenvalue weighted by Gasteiger charge is 2.43. The van der Waals surface area contributed by atoms with Crippen molar-refractivity contribution in [3.63, 3.8) is 0 Å². The van der Waals surface area contributed by atoms with E-state index in [2.05, 4.69) is 11.8 Å². The fourth-order valence-electron chi connectivity index (χ4n) is 4.00. The number of likely N-dealkylation sites (tertiary alicyclic amines) is 2. The molecule has 0 spiro atoms. The van der Waals surface area contributed by atoms with Crippen LogP contribution in [0.5, 0.6) is 0 Å². The minimum Gasteiger partial charge on any atom is -0.324 e. The number of carbonyl (C=O) groups excluding carboxylic acids is 2. The molecule has 0 aliphatic carbocycles. The zero-order valence-corrected chi connectivity index (χ0v) is 17.3. The Bertz CT molecular complexity index is 683. The summed E-state index contributed by atoms with van der Waals surface area (Å²) in [6.07, 6.45) is 4.83. The van der Waals surface area contributed by atoms with Gasteiger partial charge < -0.3 is 4.90 Å². The molecule has 0 bridgehead atoms. The molecule has 0 aromatic heterocycles. The fourth-order valence-corrected chi connectivity index (χ4v) is 4.32. The van der Waals surface area contributed by atoms with Gasteiger partial charge in [0.15, 0.2) is 0 Å². The van der Waals surface area contributed by atoms with Crippen LogP contribution in [0.25, 0.3) is 0 Å². The summed E-state index contributed by atoms with van der Waals surface area (Å²) in [5.41, 5.74) is 0.490. The molecule has 2 aliphatic rings. The number of hydrogen-bond donors (Lipinski definition) is 0. The normalized spacial score (nSPS) is 24.3. The third-order valence-corrected chi connectivity index (χ3v) is 6.18. The van der Waals surface area contributed by atoms with Gasteiger partial charge >= 0.3 is 0 Å². The molecular weight excluding hydrogens is 395 g/mol. The first-order valence-corrected chi connectivity index (χ1v) is 9.67. The molecule has 2 heterocycles. The van der Waals surface area contributed by atoms with Gasteiger partial charge in [-0.3, -0.25) is 14.5 Å². The Morgan fingerprint density at radius 1 is 1.15 bits per heavy atom. The smallest absolute Gasteiger partial charge is 0.228 e. The summed E-state index contributed by atoms with van der Waals surface area (Å²) in [4.78, 5) is 29.1. The van der Waals surface area contributed by atoms with Gasteiger partial charge in [-0.05, 0) is 50.3 Å². The molecule has 26 heavy (non-hydrogen) atoms. The summed E-state index contributed by atoms with van der Waals surface area (Å²) in [5, 5.41) is 0.961. The highest BCUT2D eigenvalue weighted by molar-refractivity contribution is 6.42. The lowest BCUT2D eigenvalue weighted by atomic mass is 9.92. The van der Waals surface area contributed by atoms with Crippen LogP contribution in [-0.4, -0.2) is 46.8 Å². The summed E-state index contributed by atoms with van der Waals surface area (Å²) in [7, 11) is 0. The van der Waals surface area contributed by atoms with Gasteiger partial charge in [0.05, 0.1) is 28.7 Å². The maximum Gasteiger partial charge on any atom is 0.228 e. The lowest BCUT2D eigenvalue weighted by Crippen LogP contribution is -2.64. The van der Waals surface area contributed by atoms with Crippen molar-refractivity contribution in [2.75, 3.05) is 19.6 Å². The topological polar surface area (TPSA) is 40.6 Å². The number of rotatable bonds is 3.